The monoisotopic (exact) mass is 372 g/mol. The minimum Gasteiger partial charge on any atom is -0.331 e. The normalized spacial score (nSPS) is 25.0. The van der Waals surface area contributed by atoms with Gasteiger partial charge in [0.1, 0.15) is 18.0 Å². The Kier molecular flexibility index (Phi) is 4.59. The van der Waals surface area contributed by atoms with Crippen molar-refractivity contribution in [2.45, 2.75) is 12.6 Å². The number of rotatable bonds is 3. The van der Waals surface area contributed by atoms with E-state index >= 15 is 0 Å². The van der Waals surface area contributed by atoms with E-state index in [2.05, 4.69) is 15.1 Å². The molecule has 3 heterocycles. The fourth-order valence-electron chi connectivity index (χ4n) is 4.49. The first-order valence-electron chi connectivity index (χ1n) is 9.22. The van der Waals surface area contributed by atoms with Gasteiger partial charge in [-0.05, 0) is 23.6 Å². The molecule has 0 N–H and O–H groups in total. The van der Waals surface area contributed by atoms with Crippen molar-refractivity contribution in [2.24, 2.45) is 18.9 Å². The number of halogens is 1. The summed E-state index contributed by atoms with van der Waals surface area (Å²) in [6, 6.07) is 6.54. The van der Waals surface area contributed by atoms with Crippen LogP contribution in [0.5, 0.6) is 0 Å². The molecule has 0 saturated carbocycles. The van der Waals surface area contributed by atoms with Gasteiger partial charge >= 0.3 is 6.03 Å². The van der Waals surface area contributed by atoms with E-state index in [4.69, 9.17) is 0 Å². The smallest absolute Gasteiger partial charge is 0.320 e. The van der Waals surface area contributed by atoms with Gasteiger partial charge in [-0.15, -0.1) is 10.2 Å². The summed E-state index contributed by atoms with van der Waals surface area (Å²) in [6.45, 7) is 3.19. The van der Waals surface area contributed by atoms with Crippen molar-refractivity contribution in [2.75, 3.05) is 33.7 Å². The van der Waals surface area contributed by atoms with Crippen molar-refractivity contribution in [3.05, 3.63) is 47.8 Å². The number of amides is 2. The summed E-state index contributed by atoms with van der Waals surface area (Å²) in [6.07, 6.45) is 1.71. The first kappa shape index (κ1) is 17.9. The first-order valence-corrected chi connectivity index (χ1v) is 9.22. The van der Waals surface area contributed by atoms with Crippen molar-refractivity contribution in [1.29, 1.82) is 0 Å². The van der Waals surface area contributed by atoms with Crippen LogP contribution in [0.15, 0.2) is 30.6 Å². The maximum Gasteiger partial charge on any atom is 0.320 e. The van der Waals surface area contributed by atoms with E-state index in [1.165, 1.54) is 6.07 Å². The van der Waals surface area contributed by atoms with Gasteiger partial charge in [-0.1, -0.05) is 12.1 Å². The number of hydrogen-bond acceptors (Lipinski definition) is 4. The predicted molar refractivity (Wildman–Crippen MR) is 98.2 cm³/mol. The second-order valence-corrected chi connectivity index (χ2v) is 7.81. The highest BCUT2D eigenvalue weighted by Gasteiger charge is 2.49. The average molecular weight is 372 g/mol. The Morgan fingerprint density at radius 3 is 2.78 bits per heavy atom. The second kappa shape index (κ2) is 6.92. The van der Waals surface area contributed by atoms with Crippen LogP contribution in [0.25, 0.3) is 0 Å². The summed E-state index contributed by atoms with van der Waals surface area (Å²) in [4.78, 5) is 18.6. The van der Waals surface area contributed by atoms with Crippen LogP contribution >= 0.6 is 0 Å². The molecule has 7 nitrogen and oxygen atoms in total. The standard InChI is InChI=1S/C19H25FN6O/c1-23(2)19(27)26-9-14-8-25(11-17-22-21-12-24(17)3)10-16(14)18(26)13-5-4-6-15(20)7-13/h4-7,12,14,16,18H,8-11H2,1-3H3/t14-,16-,18+/m1/s1. The molecule has 2 saturated heterocycles. The number of urea groups is 1. The molecule has 144 valence electrons. The third kappa shape index (κ3) is 3.29. The van der Waals surface area contributed by atoms with Crippen LogP contribution in [0.4, 0.5) is 9.18 Å². The Labute approximate surface area is 158 Å². The molecule has 3 atom stereocenters. The molecule has 4 rings (SSSR count). The number of hydrogen-bond donors (Lipinski definition) is 0. The number of likely N-dealkylation sites (tertiary alicyclic amines) is 2. The lowest BCUT2D eigenvalue weighted by atomic mass is 9.89. The zero-order valence-electron chi connectivity index (χ0n) is 15.9. The van der Waals surface area contributed by atoms with Crippen LogP contribution in [0, 0.1) is 17.7 Å². The molecule has 1 aromatic heterocycles. The van der Waals surface area contributed by atoms with Gasteiger partial charge in [0.25, 0.3) is 0 Å². The van der Waals surface area contributed by atoms with E-state index in [0.717, 1.165) is 31.0 Å². The lowest BCUT2D eigenvalue weighted by Gasteiger charge is -2.31. The van der Waals surface area contributed by atoms with Crippen molar-refractivity contribution >= 4 is 6.03 Å². The highest BCUT2D eigenvalue weighted by atomic mass is 19.1. The summed E-state index contributed by atoms with van der Waals surface area (Å²) >= 11 is 0. The van der Waals surface area contributed by atoms with Gasteiger partial charge in [0.05, 0.1) is 12.6 Å². The summed E-state index contributed by atoms with van der Waals surface area (Å²) in [5.74, 6) is 1.32. The summed E-state index contributed by atoms with van der Waals surface area (Å²) in [7, 11) is 5.47. The van der Waals surface area contributed by atoms with Crippen LogP contribution in [0.3, 0.4) is 0 Å². The zero-order valence-corrected chi connectivity index (χ0v) is 15.9. The molecule has 0 unspecified atom stereocenters. The van der Waals surface area contributed by atoms with E-state index in [1.54, 1.807) is 37.5 Å². The van der Waals surface area contributed by atoms with Gasteiger partial charge < -0.3 is 14.4 Å². The van der Waals surface area contributed by atoms with Crippen LogP contribution in [-0.4, -0.2) is 69.2 Å². The zero-order chi connectivity index (χ0) is 19.1. The number of aromatic nitrogens is 3. The number of aryl methyl sites for hydroxylation is 1. The highest BCUT2D eigenvalue weighted by molar-refractivity contribution is 5.75. The molecule has 2 aliphatic rings. The average Bonchev–Trinajstić information content (AvgIpc) is 3.29. The minimum atomic E-state index is -0.262. The second-order valence-electron chi connectivity index (χ2n) is 7.81. The third-order valence-electron chi connectivity index (χ3n) is 5.73. The maximum atomic E-state index is 13.9. The van der Waals surface area contributed by atoms with Crippen LogP contribution in [0.1, 0.15) is 17.4 Å². The van der Waals surface area contributed by atoms with E-state index in [9.17, 15) is 9.18 Å². The number of fused-ring (bicyclic) bond motifs is 1. The van der Waals surface area contributed by atoms with Crippen molar-refractivity contribution in [1.82, 2.24) is 29.5 Å². The lowest BCUT2D eigenvalue weighted by molar-refractivity contribution is 0.151. The van der Waals surface area contributed by atoms with Gasteiger partial charge in [-0.3, -0.25) is 4.90 Å². The Morgan fingerprint density at radius 1 is 1.30 bits per heavy atom. The lowest BCUT2D eigenvalue weighted by Crippen LogP contribution is -2.41. The molecular weight excluding hydrogens is 347 g/mol. The number of carbonyl (C=O) groups excluding carboxylic acids is 1. The highest BCUT2D eigenvalue weighted by Crippen LogP contribution is 2.45. The first-order chi connectivity index (χ1) is 12.9. The van der Waals surface area contributed by atoms with E-state index < -0.39 is 0 Å². The molecule has 2 aromatic rings. The SMILES string of the molecule is CN(C)C(=O)N1C[C@H]2CN(Cc3nncn3C)C[C@H]2[C@@H]1c1cccc(F)c1. The Hall–Kier alpha value is -2.48. The molecule has 0 bridgehead atoms. The van der Waals surface area contributed by atoms with Crippen LogP contribution in [0.2, 0.25) is 0 Å². The Balaban J connectivity index is 1.59. The van der Waals surface area contributed by atoms with E-state index in [-0.39, 0.29) is 23.8 Å². The number of carbonyl (C=O) groups is 1. The maximum absolute atomic E-state index is 13.9. The van der Waals surface area contributed by atoms with Crippen molar-refractivity contribution in [3.63, 3.8) is 0 Å². The van der Waals surface area contributed by atoms with E-state index in [1.807, 2.05) is 22.6 Å². The largest absolute Gasteiger partial charge is 0.331 e. The molecule has 8 heteroatoms. The molecule has 2 aliphatic heterocycles. The molecule has 2 amide bonds. The molecule has 2 fully saturated rings. The topological polar surface area (TPSA) is 57.5 Å². The summed E-state index contributed by atoms with van der Waals surface area (Å²) in [5.41, 5.74) is 0.873. The molecule has 0 radical (unpaired) electrons. The summed E-state index contributed by atoms with van der Waals surface area (Å²) < 4.78 is 15.8. The van der Waals surface area contributed by atoms with Gasteiger partial charge in [-0.25, -0.2) is 9.18 Å². The van der Waals surface area contributed by atoms with Crippen LogP contribution in [-0.2, 0) is 13.6 Å². The van der Waals surface area contributed by atoms with Gasteiger partial charge in [-0.2, -0.15) is 0 Å². The fraction of sp³-hybridized carbons (Fsp3) is 0.526. The Bertz CT molecular complexity index is 837. The Morgan fingerprint density at radius 2 is 2.11 bits per heavy atom. The number of benzene rings is 1. The molecule has 0 aliphatic carbocycles. The number of nitrogens with zero attached hydrogens (tertiary/aromatic N) is 6. The van der Waals surface area contributed by atoms with Gasteiger partial charge in [0, 0.05) is 46.7 Å². The third-order valence-corrected chi connectivity index (χ3v) is 5.73. The van der Waals surface area contributed by atoms with Gasteiger partial charge in [0.15, 0.2) is 0 Å². The van der Waals surface area contributed by atoms with Crippen LogP contribution < -0.4 is 0 Å². The quantitative estimate of drug-likeness (QED) is 0.824. The molecule has 27 heavy (non-hydrogen) atoms. The van der Waals surface area contributed by atoms with E-state index in [0.29, 0.717) is 12.5 Å². The summed E-state index contributed by atoms with van der Waals surface area (Å²) in [5, 5.41) is 8.13. The molecule has 1 aromatic carbocycles. The fourth-order valence-corrected chi connectivity index (χ4v) is 4.49. The molecular formula is C19H25FN6O. The van der Waals surface area contributed by atoms with Crippen molar-refractivity contribution < 1.29 is 9.18 Å². The predicted octanol–water partition coefficient (Wildman–Crippen LogP) is 1.74. The molecule has 0 spiro atoms. The van der Waals surface area contributed by atoms with Gasteiger partial charge in [0.2, 0.25) is 0 Å². The minimum absolute atomic E-state index is 0.0153. The van der Waals surface area contributed by atoms with Crippen molar-refractivity contribution in [3.8, 4) is 0 Å².